The van der Waals surface area contributed by atoms with Crippen LogP contribution in [-0.2, 0) is 24.6 Å². The van der Waals surface area contributed by atoms with Crippen molar-refractivity contribution >= 4 is 23.6 Å². The Morgan fingerprint density at radius 2 is 1.87 bits per heavy atom. The van der Waals surface area contributed by atoms with Gasteiger partial charge in [-0.2, -0.15) is 0 Å². The molecule has 0 radical (unpaired) electrons. The van der Waals surface area contributed by atoms with Crippen LogP contribution in [0.25, 0.3) is 0 Å². The molecule has 2 saturated heterocycles. The predicted molar refractivity (Wildman–Crippen MR) is 106 cm³/mol. The summed E-state index contributed by atoms with van der Waals surface area (Å²) < 4.78 is 14.8. The van der Waals surface area contributed by atoms with Crippen molar-refractivity contribution < 1.29 is 23.6 Å². The second-order valence-corrected chi connectivity index (χ2v) is 8.44. The van der Waals surface area contributed by atoms with E-state index in [1.165, 1.54) is 28.0 Å². The number of imide groups is 1. The number of halogens is 1. The summed E-state index contributed by atoms with van der Waals surface area (Å²) in [6.07, 6.45) is 3.88. The normalized spacial score (nSPS) is 25.6. The van der Waals surface area contributed by atoms with Gasteiger partial charge in [0.1, 0.15) is 5.82 Å². The van der Waals surface area contributed by atoms with Gasteiger partial charge in [-0.05, 0) is 18.9 Å². The van der Waals surface area contributed by atoms with Crippen LogP contribution in [0.3, 0.4) is 0 Å². The minimum atomic E-state index is -1.56. The number of carbonyl (C=O) groups is 4. The molecule has 0 aromatic heterocycles. The smallest absolute Gasteiger partial charge is 0.241 e. The molecule has 1 N–H and O–H groups in total. The molecule has 1 saturated carbocycles. The third-order valence-electron chi connectivity index (χ3n) is 6.52. The second kappa shape index (κ2) is 8.16. The lowest BCUT2D eigenvalue weighted by molar-refractivity contribution is -0.146. The van der Waals surface area contributed by atoms with Gasteiger partial charge in [0.15, 0.2) is 0 Å². The Hall–Kier alpha value is -2.77. The number of nitrogens with one attached hydrogen (secondary N) is 1. The number of amides is 4. The van der Waals surface area contributed by atoms with Crippen molar-refractivity contribution in [2.45, 2.75) is 56.4 Å². The monoisotopic (exact) mass is 415 g/mol. The van der Waals surface area contributed by atoms with Gasteiger partial charge in [0, 0.05) is 37.5 Å². The number of benzene rings is 1. The summed E-state index contributed by atoms with van der Waals surface area (Å²) in [5.74, 6) is -2.13. The Morgan fingerprint density at radius 1 is 1.13 bits per heavy atom. The number of carbonyl (C=O) groups excluding carboxylic acids is 4. The SMILES string of the molecule is O=C1CN(C(=O)CC2(c3ccccc3F)CC(=O)N(C3CCCCC3)C2=O)CCN1. The van der Waals surface area contributed by atoms with Crippen LogP contribution in [0.15, 0.2) is 24.3 Å². The minimum Gasteiger partial charge on any atom is -0.353 e. The molecule has 1 aromatic carbocycles. The molecule has 2 aliphatic heterocycles. The van der Waals surface area contributed by atoms with Gasteiger partial charge >= 0.3 is 0 Å². The molecule has 1 atom stereocenters. The summed E-state index contributed by atoms with van der Waals surface area (Å²) in [6, 6.07) is 5.67. The van der Waals surface area contributed by atoms with Crippen molar-refractivity contribution in [3.05, 3.63) is 35.6 Å². The van der Waals surface area contributed by atoms with Crippen LogP contribution in [0.4, 0.5) is 4.39 Å². The number of hydrogen-bond donors (Lipinski definition) is 1. The van der Waals surface area contributed by atoms with E-state index in [0.29, 0.717) is 13.1 Å². The Bertz CT molecular complexity index is 883. The number of rotatable bonds is 4. The Labute approximate surface area is 174 Å². The van der Waals surface area contributed by atoms with E-state index in [4.69, 9.17) is 0 Å². The topological polar surface area (TPSA) is 86.8 Å². The van der Waals surface area contributed by atoms with E-state index in [-0.39, 0.29) is 42.8 Å². The molecular weight excluding hydrogens is 389 g/mol. The third-order valence-corrected chi connectivity index (χ3v) is 6.52. The highest BCUT2D eigenvalue weighted by Gasteiger charge is 2.56. The highest BCUT2D eigenvalue weighted by molar-refractivity contribution is 6.11. The molecule has 4 amide bonds. The third kappa shape index (κ3) is 3.59. The molecule has 0 spiro atoms. The first-order valence-corrected chi connectivity index (χ1v) is 10.6. The lowest BCUT2D eigenvalue weighted by Gasteiger charge is -2.34. The first-order chi connectivity index (χ1) is 14.4. The van der Waals surface area contributed by atoms with Crippen molar-refractivity contribution in [1.29, 1.82) is 0 Å². The van der Waals surface area contributed by atoms with Crippen molar-refractivity contribution in [3.8, 4) is 0 Å². The maximum Gasteiger partial charge on any atom is 0.241 e. The Kier molecular flexibility index (Phi) is 5.58. The highest BCUT2D eigenvalue weighted by atomic mass is 19.1. The van der Waals surface area contributed by atoms with Gasteiger partial charge in [-0.25, -0.2) is 4.39 Å². The quantitative estimate of drug-likeness (QED) is 0.755. The molecule has 8 heteroatoms. The summed E-state index contributed by atoms with van der Waals surface area (Å²) in [4.78, 5) is 54.1. The molecule has 1 aliphatic carbocycles. The second-order valence-electron chi connectivity index (χ2n) is 8.44. The molecule has 1 unspecified atom stereocenters. The van der Waals surface area contributed by atoms with E-state index >= 15 is 0 Å². The first-order valence-electron chi connectivity index (χ1n) is 10.6. The largest absolute Gasteiger partial charge is 0.353 e. The summed E-state index contributed by atoms with van der Waals surface area (Å²) in [7, 11) is 0. The van der Waals surface area contributed by atoms with E-state index in [2.05, 4.69) is 5.32 Å². The van der Waals surface area contributed by atoms with Crippen LogP contribution in [0.1, 0.15) is 50.5 Å². The molecule has 2 heterocycles. The van der Waals surface area contributed by atoms with Crippen molar-refractivity contribution in [2.75, 3.05) is 19.6 Å². The van der Waals surface area contributed by atoms with Gasteiger partial charge in [-0.15, -0.1) is 0 Å². The van der Waals surface area contributed by atoms with Gasteiger partial charge in [-0.3, -0.25) is 24.1 Å². The Morgan fingerprint density at radius 3 is 2.57 bits per heavy atom. The van der Waals surface area contributed by atoms with Crippen molar-refractivity contribution in [3.63, 3.8) is 0 Å². The standard InChI is InChI=1S/C22H26FN3O4/c23-17-9-5-4-8-16(17)22(12-19(28)25-11-10-24-18(27)14-25)13-20(29)26(21(22)30)15-6-2-1-3-7-15/h4-5,8-9,15H,1-3,6-7,10-14H2,(H,24,27). The van der Waals surface area contributed by atoms with Crippen molar-refractivity contribution in [2.24, 2.45) is 0 Å². The van der Waals surface area contributed by atoms with Crippen LogP contribution < -0.4 is 5.32 Å². The van der Waals surface area contributed by atoms with Crippen LogP contribution in [-0.4, -0.2) is 59.1 Å². The van der Waals surface area contributed by atoms with E-state index in [9.17, 15) is 23.6 Å². The molecule has 7 nitrogen and oxygen atoms in total. The zero-order valence-electron chi connectivity index (χ0n) is 16.9. The van der Waals surface area contributed by atoms with Gasteiger partial charge in [0.25, 0.3) is 0 Å². The number of hydrogen-bond acceptors (Lipinski definition) is 4. The Balaban J connectivity index is 1.69. The van der Waals surface area contributed by atoms with Crippen LogP contribution in [0.5, 0.6) is 0 Å². The van der Waals surface area contributed by atoms with E-state index in [0.717, 1.165) is 32.1 Å². The van der Waals surface area contributed by atoms with Gasteiger partial charge in [0.05, 0.1) is 12.0 Å². The molecule has 4 rings (SSSR count). The van der Waals surface area contributed by atoms with Crippen LogP contribution >= 0.6 is 0 Å². The fraction of sp³-hybridized carbons (Fsp3) is 0.545. The highest BCUT2D eigenvalue weighted by Crippen LogP contribution is 2.43. The summed E-state index contributed by atoms with van der Waals surface area (Å²) in [6.45, 7) is 0.561. The van der Waals surface area contributed by atoms with Crippen LogP contribution in [0, 0.1) is 5.82 Å². The lowest BCUT2D eigenvalue weighted by Crippen LogP contribution is -2.52. The van der Waals surface area contributed by atoms with Crippen LogP contribution in [0.2, 0.25) is 0 Å². The molecule has 0 bridgehead atoms. The average Bonchev–Trinajstić information content (AvgIpc) is 2.99. The minimum absolute atomic E-state index is 0.0801. The summed E-state index contributed by atoms with van der Waals surface area (Å²) >= 11 is 0. The fourth-order valence-electron chi connectivity index (χ4n) is 4.99. The van der Waals surface area contributed by atoms with E-state index < -0.39 is 23.0 Å². The maximum atomic E-state index is 14.8. The van der Waals surface area contributed by atoms with E-state index in [1.807, 2.05) is 0 Å². The van der Waals surface area contributed by atoms with Gasteiger partial charge in [0.2, 0.25) is 23.6 Å². The van der Waals surface area contributed by atoms with Crippen molar-refractivity contribution in [1.82, 2.24) is 15.1 Å². The summed E-state index contributed by atoms with van der Waals surface area (Å²) in [5, 5.41) is 2.65. The maximum absolute atomic E-state index is 14.8. The molecule has 3 aliphatic rings. The average molecular weight is 415 g/mol. The van der Waals surface area contributed by atoms with Gasteiger partial charge in [-0.1, -0.05) is 37.5 Å². The zero-order valence-corrected chi connectivity index (χ0v) is 16.9. The first kappa shape index (κ1) is 20.5. The van der Waals surface area contributed by atoms with E-state index in [1.54, 1.807) is 6.07 Å². The predicted octanol–water partition coefficient (Wildman–Crippen LogP) is 1.50. The fourth-order valence-corrected chi connectivity index (χ4v) is 4.99. The molecular formula is C22H26FN3O4. The molecule has 160 valence electrons. The lowest BCUT2D eigenvalue weighted by atomic mass is 9.75. The zero-order chi connectivity index (χ0) is 21.3. The molecule has 30 heavy (non-hydrogen) atoms. The number of likely N-dealkylation sites (tertiary alicyclic amines) is 1. The summed E-state index contributed by atoms with van der Waals surface area (Å²) in [5.41, 5.74) is -1.48. The number of piperazine rings is 1. The molecule has 3 fully saturated rings. The molecule has 1 aromatic rings. The van der Waals surface area contributed by atoms with Gasteiger partial charge < -0.3 is 10.2 Å². The number of nitrogens with zero attached hydrogens (tertiary/aromatic N) is 2.